The van der Waals surface area contributed by atoms with Crippen molar-refractivity contribution in [2.75, 3.05) is 11.5 Å². The number of hydrogen-bond donors (Lipinski definition) is 0. The number of amides is 3. The molecular weight excluding hydrogens is 451 g/mol. The first kappa shape index (κ1) is 23.3. The van der Waals surface area contributed by atoms with Crippen LogP contribution in [0.1, 0.15) is 26.3 Å². The van der Waals surface area contributed by atoms with E-state index in [1.165, 1.54) is 17.0 Å². The number of fused-ring (bicyclic) bond motifs is 1. The normalized spacial score (nSPS) is 15.8. The zero-order chi connectivity index (χ0) is 24.7. The monoisotopic (exact) mass is 473 g/mol. The van der Waals surface area contributed by atoms with Crippen LogP contribution >= 0.6 is 0 Å². The van der Waals surface area contributed by atoms with Gasteiger partial charge in [-0.1, -0.05) is 0 Å². The Hall–Kier alpha value is -3.82. The number of anilines is 1. The molecule has 0 atom stereocenters. The summed E-state index contributed by atoms with van der Waals surface area (Å²) in [6.45, 7) is 5.80. The van der Waals surface area contributed by atoms with Gasteiger partial charge in [-0.3, -0.25) is 9.78 Å². The lowest BCUT2D eigenvalue weighted by molar-refractivity contribution is -0.274. The zero-order valence-corrected chi connectivity index (χ0v) is 18.7. The van der Waals surface area contributed by atoms with Crippen LogP contribution in [-0.4, -0.2) is 40.3 Å². The summed E-state index contributed by atoms with van der Waals surface area (Å²) in [6, 6.07) is 11.3. The van der Waals surface area contributed by atoms with Gasteiger partial charge in [-0.05, 0) is 68.8 Å². The summed E-state index contributed by atoms with van der Waals surface area (Å²) in [6.07, 6.45) is -3.21. The molecule has 0 unspecified atom stereocenters. The van der Waals surface area contributed by atoms with Crippen molar-refractivity contribution >= 4 is 28.5 Å². The van der Waals surface area contributed by atoms with Gasteiger partial charge >= 0.3 is 12.4 Å². The zero-order valence-electron chi connectivity index (χ0n) is 18.7. The van der Waals surface area contributed by atoms with Gasteiger partial charge in [0.25, 0.3) is 5.91 Å². The lowest BCUT2D eigenvalue weighted by Crippen LogP contribution is -2.43. The Morgan fingerprint density at radius 1 is 1.00 bits per heavy atom. The SMILES string of the molecule is CCOc1ccc2c(CN3C(=O)N(c4ccc(OC(F)(F)F)cc4)C(=O)C3(C)C)ccnc2c1. The highest BCUT2D eigenvalue weighted by Crippen LogP contribution is 2.35. The molecule has 0 spiro atoms. The van der Waals surface area contributed by atoms with Crippen molar-refractivity contribution in [1.29, 1.82) is 0 Å². The van der Waals surface area contributed by atoms with Gasteiger partial charge in [-0.15, -0.1) is 13.2 Å². The maximum atomic E-state index is 13.3. The predicted molar refractivity (Wildman–Crippen MR) is 119 cm³/mol. The molecule has 2 heterocycles. The van der Waals surface area contributed by atoms with Crippen LogP contribution in [0, 0.1) is 0 Å². The van der Waals surface area contributed by atoms with E-state index in [1.807, 2.05) is 19.1 Å². The molecular formula is C24H22F3N3O4. The topological polar surface area (TPSA) is 72.0 Å². The van der Waals surface area contributed by atoms with E-state index in [9.17, 15) is 22.8 Å². The number of ether oxygens (including phenoxy) is 2. The summed E-state index contributed by atoms with van der Waals surface area (Å²) in [5.74, 6) is -0.253. The third kappa shape index (κ3) is 4.35. The Kier molecular flexibility index (Phi) is 5.84. The fourth-order valence-corrected chi connectivity index (χ4v) is 3.88. The number of pyridine rings is 1. The minimum Gasteiger partial charge on any atom is -0.494 e. The highest BCUT2D eigenvalue weighted by Gasteiger charge is 2.51. The summed E-state index contributed by atoms with van der Waals surface area (Å²) < 4.78 is 46.7. The molecule has 0 N–H and O–H groups in total. The fourth-order valence-electron chi connectivity index (χ4n) is 3.88. The van der Waals surface area contributed by atoms with Crippen LogP contribution in [-0.2, 0) is 11.3 Å². The van der Waals surface area contributed by atoms with Crippen molar-refractivity contribution in [3.05, 3.63) is 60.3 Å². The number of carbonyl (C=O) groups is 2. The van der Waals surface area contributed by atoms with E-state index in [-0.39, 0.29) is 12.2 Å². The molecule has 1 saturated heterocycles. The Balaban J connectivity index is 1.63. The molecule has 0 aliphatic carbocycles. The highest BCUT2D eigenvalue weighted by atomic mass is 19.4. The molecule has 178 valence electrons. The molecule has 4 rings (SSSR count). The van der Waals surface area contributed by atoms with Gasteiger partial charge in [0.1, 0.15) is 17.0 Å². The van der Waals surface area contributed by atoms with E-state index in [0.717, 1.165) is 28.0 Å². The first-order valence-electron chi connectivity index (χ1n) is 10.5. The number of imide groups is 1. The Morgan fingerprint density at radius 2 is 1.68 bits per heavy atom. The number of rotatable bonds is 6. The maximum absolute atomic E-state index is 13.3. The van der Waals surface area contributed by atoms with E-state index in [0.29, 0.717) is 17.9 Å². The molecule has 10 heteroatoms. The Morgan fingerprint density at radius 3 is 2.32 bits per heavy atom. The quantitative estimate of drug-likeness (QED) is 0.456. The van der Waals surface area contributed by atoms with Crippen molar-refractivity contribution in [2.45, 2.75) is 39.2 Å². The highest BCUT2D eigenvalue weighted by molar-refractivity contribution is 6.23. The summed E-state index contributed by atoms with van der Waals surface area (Å²) in [5.41, 5.74) is 0.453. The standard InChI is InChI=1S/C24H22F3N3O4/c1-4-33-18-9-10-19-15(11-12-28-20(19)13-18)14-29-22(32)30(21(31)23(29,2)3)16-5-7-17(8-6-16)34-24(25,26)27/h5-13H,4,14H2,1-3H3. The molecule has 7 nitrogen and oxygen atoms in total. The number of benzene rings is 2. The predicted octanol–water partition coefficient (Wildman–Crippen LogP) is 5.28. The van der Waals surface area contributed by atoms with Gasteiger partial charge in [-0.25, -0.2) is 9.69 Å². The summed E-state index contributed by atoms with van der Waals surface area (Å²) in [5, 5.41) is 0.814. The van der Waals surface area contributed by atoms with Crippen molar-refractivity contribution in [1.82, 2.24) is 9.88 Å². The molecule has 1 aromatic heterocycles. The van der Waals surface area contributed by atoms with Crippen LogP contribution < -0.4 is 14.4 Å². The minimum atomic E-state index is -4.84. The van der Waals surface area contributed by atoms with Gasteiger partial charge in [0, 0.05) is 24.2 Å². The average Bonchev–Trinajstić information content (AvgIpc) is 2.93. The van der Waals surface area contributed by atoms with E-state index in [2.05, 4.69) is 9.72 Å². The molecule has 34 heavy (non-hydrogen) atoms. The van der Waals surface area contributed by atoms with E-state index in [1.54, 1.807) is 32.2 Å². The maximum Gasteiger partial charge on any atom is 0.573 e. The molecule has 1 aliphatic heterocycles. The molecule has 1 fully saturated rings. The van der Waals surface area contributed by atoms with Crippen molar-refractivity contribution in [2.24, 2.45) is 0 Å². The van der Waals surface area contributed by atoms with Crippen LogP contribution in [0.3, 0.4) is 0 Å². The molecule has 2 aromatic carbocycles. The molecule has 3 amide bonds. The first-order valence-corrected chi connectivity index (χ1v) is 10.5. The van der Waals surface area contributed by atoms with Crippen LogP contribution in [0.2, 0.25) is 0 Å². The Labute approximate surface area is 193 Å². The van der Waals surface area contributed by atoms with E-state index in [4.69, 9.17) is 4.74 Å². The number of urea groups is 1. The third-order valence-corrected chi connectivity index (χ3v) is 5.60. The van der Waals surface area contributed by atoms with Gasteiger partial charge in [-0.2, -0.15) is 0 Å². The number of halogens is 3. The van der Waals surface area contributed by atoms with Gasteiger partial charge in [0.05, 0.1) is 17.8 Å². The second kappa shape index (κ2) is 8.51. The van der Waals surface area contributed by atoms with Gasteiger partial charge < -0.3 is 14.4 Å². The van der Waals surface area contributed by atoms with Crippen LogP contribution in [0.25, 0.3) is 10.9 Å². The van der Waals surface area contributed by atoms with Crippen molar-refractivity contribution in [3.8, 4) is 11.5 Å². The van der Waals surface area contributed by atoms with Crippen LogP contribution in [0.15, 0.2) is 54.7 Å². The molecule has 3 aromatic rings. The lowest BCUT2D eigenvalue weighted by Gasteiger charge is -2.28. The molecule has 0 saturated carbocycles. The van der Waals surface area contributed by atoms with Crippen LogP contribution in [0.5, 0.6) is 11.5 Å². The molecule has 0 radical (unpaired) electrons. The van der Waals surface area contributed by atoms with Crippen molar-refractivity contribution < 1.29 is 32.2 Å². The largest absolute Gasteiger partial charge is 0.573 e. The number of nitrogens with zero attached hydrogens (tertiary/aromatic N) is 3. The molecule has 0 bridgehead atoms. The van der Waals surface area contributed by atoms with Gasteiger partial charge in [0.2, 0.25) is 0 Å². The number of carbonyl (C=O) groups excluding carboxylic acids is 2. The van der Waals surface area contributed by atoms with Crippen LogP contribution in [0.4, 0.5) is 23.7 Å². The number of alkyl halides is 3. The number of aromatic nitrogens is 1. The smallest absolute Gasteiger partial charge is 0.494 e. The minimum absolute atomic E-state index is 0.135. The lowest BCUT2D eigenvalue weighted by atomic mass is 10.0. The second-order valence-corrected chi connectivity index (χ2v) is 8.19. The summed E-state index contributed by atoms with van der Waals surface area (Å²) in [7, 11) is 0. The fraction of sp³-hybridized carbons (Fsp3) is 0.292. The van der Waals surface area contributed by atoms with E-state index >= 15 is 0 Å². The molecule has 1 aliphatic rings. The third-order valence-electron chi connectivity index (χ3n) is 5.60. The summed E-state index contributed by atoms with van der Waals surface area (Å²) in [4.78, 5) is 33.2. The van der Waals surface area contributed by atoms with Gasteiger partial charge in [0.15, 0.2) is 0 Å². The first-order chi connectivity index (χ1) is 16.0. The average molecular weight is 473 g/mol. The number of hydrogen-bond acceptors (Lipinski definition) is 5. The van der Waals surface area contributed by atoms with E-state index < -0.39 is 29.6 Å². The summed E-state index contributed by atoms with van der Waals surface area (Å²) >= 11 is 0. The van der Waals surface area contributed by atoms with Crippen molar-refractivity contribution in [3.63, 3.8) is 0 Å². The Bertz CT molecular complexity index is 1240. The second-order valence-electron chi connectivity index (χ2n) is 8.19.